The molecule has 1 atom stereocenters. The molecule has 0 saturated heterocycles. The number of hydrogen-bond donors (Lipinski definition) is 2. The van der Waals surface area contributed by atoms with E-state index in [9.17, 15) is 5.11 Å². The summed E-state index contributed by atoms with van der Waals surface area (Å²) >= 11 is 3.26. The Labute approximate surface area is 73.5 Å². The van der Waals surface area contributed by atoms with Crippen LogP contribution in [0.2, 0.25) is 0 Å². The Balaban J connectivity index is 2.67. The molecule has 2 N–H and O–H groups in total. The van der Waals surface area contributed by atoms with Crippen molar-refractivity contribution in [3.63, 3.8) is 0 Å². The first-order valence-corrected chi connectivity index (χ1v) is 4.09. The number of halogens is 1. The molecular weight excluding hydrogens is 210 g/mol. The van der Waals surface area contributed by atoms with Gasteiger partial charge in [-0.3, -0.25) is 0 Å². The first-order chi connectivity index (χ1) is 5.25. The average Bonchev–Trinajstić information content (AvgIpc) is 2.36. The third-order valence-corrected chi connectivity index (χ3v) is 2.04. The fraction of sp³-hybridized carbons (Fsp3) is 0.429. The van der Waals surface area contributed by atoms with E-state index in [1.807, 2.05) is 0 Å². The zero-order valence-electron chi connectivity index (χ0n) is 6.17. The Morgan fingerprint density at radius 1 is 1.73 bits per heavy atom. The highest BCUT2D eigenvalue weighted by molar-refractivity contribution is 9.10. The van der Waals surface area contributed by atoms with Crippen molar-refractivity contribution in [1.29, 1.82) is 0 Å². The smallest absolute Gasteiger partial charge is 0.105 e. The van der Waals surface area contributed by atoms with E-state index in [0.717, 1.165) is 10.0 Å². The molecule has 1 unspecified atom stereocenters. The minimum absolute atomic E-state index is 0.506. The van der Waals surface area contributed by atoms with Crippen LogP contribution in [0.1, 0.15) is 11.7 Å². The largest absolute Gasteiger partial charge is 0.471 e. The van der Waals surface area contributed by atoms with Gasteiger partial charge in [-0.05, 0) is 23.0 Å². The molecule has 1 aromatic rings. The number of hydrogen-bond acceptors (Lipinski definition) is 3. The molecule has 62 valence electrons. The topological polar surface area (TPSA) is 45.4 Å². The number of aliphatic hydroxyl groups is 1. The van der Waals surface area contributed by atoms with Crippen LogP contribution in [0.15, 0.2) is 21.4 Å². The van der Waals surface area contributed by atoms with E-state index >= 15 is 0 Å². The van der Waals surface area contributed by atoms with Crippen molar-refractivity contribution in [2.45, 2.75) is 6.10 Å². The van der Waals surface area contributed by atoms with E-state index in [0.29, 0.717) is 6.54 Å². The van der Waals surface area contributed by atoms with Gasteiger partial charge < -0.3 is 14.8 Å². The molecule has 0 aliphatic carbocycles. The van der Waals surface area contributed by atoms with Crippen molar-refractivity contribution in [2.75, 3.05) is 13.6 Å². The highest BCUT2D eigenvalue weighted by Crippen LogP contribution is 2.23. The van der Waals surface area contributed by atoms with Crippen molar-refractivity contribution in [1.82, 2.24) is 5.32 Å². The lowest BCUT2D eigenvalue weighted by atomic mass is 10.2. The molecule has 0 fully saturated rings. The highest BCUT2D eigenvalue weighted by atomic mass is 79.9. The van der Waals surface area contributed by atoms with Gasteiger partial charge in [0.25, 0.3) is 0 Å². The van der Waals surface area contributed by atoms with Crippen LogP contribution < -0.4 is 5.32 Å². The Morgan fingerprint density at radius 2 is 2.45 bits per heavy atom. The number of likely N-dealkylation sites (N-methyl/N-ethyl adjacent to an activating group) is 1. The monoisotopic (exact) mass is 219 g/mol. The van der Waals surface area contributed by atoms with Crippen molar-refractivity contribution in [3.8, 4) is 0 Å². The molecule has 1 rings (SSSR count). The lowest BCUT2D eigenvalue weighted by Gasteiger charge is -2.06. The average molecular weight is 220 g/mol. The zero-order valence-corrected chi connectivity index (χ0v) is 7.76. The van der Waals surface area contributed by atoms with Gasteiger partial charge in [-0.15, -0.1) is 0 Å². The molecule has 3 nitrogen and oxygen atoms in total. The SMILES string of the molecule is CNCC(O)c1cocc1Br. The van der Waals surface area contributed by atoms with Crippen LogP contribution in [0.5, 0.6) is 0 Å². The molecule has 11 heavy (non-hydrogen) atoms. The summed E-state index contributed by atoms with van der Waals surface area (Å²) < 4.78 is 5.68. The maximum Gasteiger partial charge on any atom is 0.105 e. The van der Waals surface area contributed by atoms with Gasteiger partial charge in [0.2, 0.25) is 0 Å². The summed E-state index contributed by atoms with van der Waals surface area (Å²) in [4.78, 5) is 0. The van der Waals surface area contributed by atoms with E-state index in [2.05, 4.69) is 21.2 Å². The molecular formula is C7H10BrNO2. The Bertz CT molecular complexity index is 224. The van der Waals surface area contributed by atoms with E-state index < -0.39 is 6.10 Å². The number of furan rings is 1. The second-order valence-electron chi connectivity index (χ2n) is 2.25. The van der Waals surface area contributed by atoms with Crippen LogP contribution in [-0.2, 0) is 0 Å². The van der Waals surface area contributed by atoms with Crippen LogP contribution in [0.4, 0.5) is 0 Å². The Kier molecular flexibility index (Phi) is 3.11. The van der Waals surface area contributed by atoms with Gasteiger partial charge in [0.05, 0.1) is 16.8 Å². The molecule has 0 bridgehead atoms. The second-order valence-corrected chi connectivity index (χ2v) is 3.10. The maximum atomic E-state index is 9.44. The third-order valence-electron chi connectivity index (χ3n) is 1.40. The summed E-state index contributed by atoms with van der Waals surface area (Å²) in [5, 5.41) is 12.3. The third kappa shape index (κ3) is 2.05. The Morgan fingerprint density at radius 3 is 2.91 bits per heavy atom. The van der Waals surface area contributed by atoms with E-state index in [-0.39, 0.29) is 0 Å². The van der Waals surface area contributed by atoms with Crippen molar-refractivity contribution >= 4 is 15.9 Å². The lowest BCUT2D eigenvalue weighted by Crippen LogP contribution is -2.16. The van der Waals surface area contributed by atoms with Gasteiger partial charge in [-0.1, -0.05) is 0 Å². The second kappa shape index (κ2) is 3.90. The number of nitrogens with one attached hydrogen (secondary N) is 1. The van der Waals surface area contributed by atoms with Crippen LogP contribution in [0, 0.1) is 0 Å². The minimum Gasteiger partial charge on any atom is -0.471 e. The summed E-state index contributed by atoms with van der Waals surface area (Å²) in [6.45, 7) is 0.526. The van der Waals surface area contributed by atoms with Crippen molar-refractivity contribution in [3.05, 3.63) is 22.6 Å². The summed E-state index contributed by atoms with van der Waals surface area (Å²) in [7, 11) is 1.79. The summed E-state index contributed by atoms with van der Waals surface area (Å²) in [6, 6.07) is 0. The molecule has 0 amide bonds. The maximum absolute atomic E-state index is 9.44. The van der Waals surface area contributed by atoms with Crippen molar-refractivity contribution < 1.29 is 9.52 Å². The molecule has 0 aliphatic rings. The summed E-state index contributed by atoms with van der Waals surface area (Å²) in [6.07, 6.45) is 2.58. The number of rotatable bonds is 3. The Hall–Kier alpha value is -0.320. The predicted octanol–water partition coefficient (Wildman–Crippen LogP) is 1.29. The fourth-order valence-corrected chi connectivity index (χ4v) is 1.30. The van der Waals surface area contributed by atoms with Crippen molar-refractivity contribution in [2.24, 2.45) is 0 Å². The van der Waals surface area contributed by atoms with Crippen LogP contribution in [0.25, 0.3) is 0 Å². The van der Waals surface area contributed by atoms with Gasteiger partial charge >= 0.3 is 0 Å². The van der Waals surface area contributed by atoms with Gasteiger partial charge in [-0.2, -0.15) is 0 Å². The standard InChI is InChI=1S/C7H10BrNO2/c1-9-2-7(10)5-3-11-4-6(5)8/h3-4,7,9-10H,2H2,1H3. The lowest BCUT2D eigenvalue weighted by molar-refractivity contribution is 0.176. The molecule has 0 aliphatic heterocycles. The van der Waals surface area contributed by atoms with E-state index in [1.165, 1.54) is 6.26 Å². The highest BCUT2D eigenvalue weighted by Gasteiger charge is 2.11. The molecule has 4 heteroatoms. The molecule has 0 spiro atoms. The quantitative estimate of drug-likeness (QED) is 0.806. The van der Waals surface area contributed by atoms with Crippen LogP contribution >= 0.6 is 15.9 Å². The van der Waals surface area contributed by atoms with Gasteiger partial charge in [0.1, 0.15) is 6.26 Å². The first-order valence-electron chi connectivity index (χ1n) is 3.30. The molecule has 0 saturated carbocycles. The molecule has 0 radical (unpaired) electrons. The molecule has 1 aromatic heterocycles. The summed E-state index contributed by atoms with van der Waals surface area (Å²) in [5.41, 5.74) is 0.777. The number of aliphatic hydroxyl groups excluding tert-OH is 1. The predicted molar refractivity (Wildman–Crippen MR) is 45.3 cm³/mol. The first kappa shape index (κ1) is 8.77. The zero-order chi connectivity index (χ0) is 8.27. The van der Waals surface area contributed by atoms with E-state index in [1.54, 1.807) is 13.3 Å². The fourth-order valence-electron chi connectivity index (χ4n) is 0.832. The summed E-state index contributed by atoms with van der Waals surface area (Å²) in [5.74, 6) is 0. The van der Waals surface area contributed by atoms with E-state index in [4.69, 9.17) is 4.42 Å². The molecule has 0 aromatic carbocycles. The van der Waals surface area contributed by atoms with Crippen LogP contribution in [0.3, 0.4) is 0 Å². The van der Waals surface area contributed by atoms with Gasteiger partial charge in [-0.25, -0.2) is 0 Å². The normalized spacial score (nSPS) is 13.4. The van der Waals surface area contributed by atoms with Gasteiger partial charge in [0.15, 0.2) is 0 Å². The molecule has 1 heterocycles. The van der Waals surface area contributed by atoms with Crippen LogP contribution in [-0.4, -0.2) is 18.7 Å². The van der Waals surface area contributed by atoms with Gasteiger partial charge in [0, 0.05) is 12.1 Å². The minimum atomic E-state index is -0.506.